The van der Waals surface area contributed by atoms with Gasteiger partial charge < -0.3 is 4.43 Å². The van der Waals surface area contributed by atoms with Crippen LogP contribution in [0.5, 0.6) is 0 Å². The van der Waals surface area contributed by atoms with Crippen molar-refractivity contribution in [1.29, 1.82) is 0 Å². The molecule has 0 aliphatic heterocycles. The van der Waals surface area contributed by atoms with Crippen molar-refractivity contribution in [3.8, 4) is 0 Å². The molecule has 0 aromatic carbocycles. The normalized spacial score (nSPS) is 12.3. The number of rotatable bonds is 3. The third-order valence-corrected chi connectivity index (χ3v) is 1.68. The maximum Gasteiger partial charge on any atom is 0.145 e. The van der Waals surface area contributed by atoms with Gasteiger partial charge in [0.25, 0.3) is 0 Å². The average molecular weight is 146 g/mol. The summed E-state index contributed by atoms with van der Waals surface area (Å²) in [7, 11) is 0.890. The smallest absolute Gasteiger partial charge is 0.145 e. The van der Waals surface area contributed by atoms with Gasteiger partial charge in [-0.1, -0.05) is 20.8 Å². The maximum absolute atomic E-state index is 5.08. The second-order valence-electron chi connectivity index (χ2n) is 3.66. The van der Waals surface area contributed by atoms with Gasteiger partial charge in [0.1, 0.15) is 10.5 Å². The molecular formula is C7H18OSi. The van der Waals surface area contributed by atoms with Crippen molar-refractivity contribution >= 4 is 10.5 Å². The molecule has 0 aliphatic carbocycles. The van der Waals surface area contributed by atoms with Crippen LogP contribution in [0.25, 0.3) is 0 Å². The van der Waals surface area contributed by atoms with Gasteiger partial charge in [-0.2, -0.15) is 0 Å². The van der Waals surface area contributed by atoms with Crippen molar-refractivity contribution in [2.75, 3.05) is 6.61 Å². The van der Waals surface area contributed by atoms with Crippen LogP contribution in [0.2, 0.25) is 0 Å². The van der Waals surface area contributed by atoms with Crippen LogP contribution in [0.1, 0.15) is 33.6 Å². The van der Waals surface area contributed by atoms with Gasteiger partial charge in [-0.05, 0) is 18.3 Å². The first kappa shape index (κ1) is 9.18. The van der Waals surface area contributed by atoms with Crippen molar-refractivity contribution < 1.29 is 4.43 Å². The van der Waals surface area contributed by atoms with Gasteiger partial charge in [0, 0.05) is 6.61 Å². The summed E-state index contributed by atoms with van der Waals surface area (Å²) in [4.78, 5) is 0. The van der Waals surface area contributed by atoms with Gasteiger partial charge in [-0.3, -0.25) is 0 Å². The van der Waals surface area contributed by atoms with E-state index in [1.807, 2.05) is 0 Å². The fraction of sp³-hybridized carbons (Fsp3) is 1.00. The molecule has 0 bridgehead atoms. The van der Waals surface area contributed by atoms with E-state index in [1.165, 1.54) is 12.8 Å². The van der Waals surface area contributed by atoms with E-state index in [0.29, 0.717) is 5.41 Å². The van der Waals surface area contributed by atoms with Crippen LogP contribution in [-0.2, 0) is 4.43 Å². The molecule has 0 spiro atoms. The first-order chi connectivity index (χ1) is 4.06. The van der Waals surface area contributed by atoms with Crippen LogP contribution >= 0.6 is 0 Å². The van der Waals surface area contributed by atoms with E-state index >= 15 is 0 Å². The maximum atomic E-state index is 5.08. The molecular weight excluding hydrogens is 128 g/mol. The summed E-state index contributed by atoms with van der Waals surface area (Å²) in [5.74, 6) is 0. The fourth-order valence-corrected chi connectivity index (χ4v) is 1.04. The zero-order valence-electron chi connectivity index (χ0n) is 7.03. The van der Waals surface area contributed by atoms with Gasteiger partial charge in [0.15, 0.2) is 0 Å². The quantitative estimate of drug-likeness (QED) is 0.428. The molecule has 0 rings (SSSR count). The topological polar surface area (TPSA) is 9.23 Å². The van der Waals surface area contributed by atoms with Crippen molar-refractivity contribution in [3.05, 3.63) is 0 Å². The molecule has 0 saturated carbocycles. The molecule has 0 aliphatic rings. The van der Waals surface area contributed by atoms with Gasteiger partial charge in [-0.15, -0.1) is 0 Å². The SMILES string of the molecule is CC(C)(C)CCCO[SiH3]. The number of hydrogen-bond acceptors (Lipinski definition) is 1. The Morgan fingerprint density at radius 1 is 1.33 bits per heavy atom. The standard InChI is InChI=1S/C7H18OSi/c1-7(2,3)5-4-6-8-9/h4-6H2,1-3,9H3. The van der Waals surface area contributed by atoms with Crippen LogP contribution in [0.3, 0.4) is 0 Å². The Balaban J connectivity index is 3.07. The summed E-state index contributed by atoms with van der Waals surface area (Å²) in [5.41, 5.74) is 0.486. The van der Waals surface area contributed by atoms with E-state index in [0.717, 1.165) is 17.1 Å². The lowest BCUT2D eigenvalue weighted by molar-refractivity contribution is 0.286. The molecule has 0 aromatic rings. The summed E-state index contributed by atoms with van der Waals surface area (Å²) in [6, 6.07) is 0. The fourth-order valence-electron chi connectivity index (χ4n) is 0.747. The molecule has 0 N–H and O–H groups in total. The van der Waals surface area contributed by atoms with Crippen LogP contribution < -0.4 is 0 Å². The summed E-state index contributed by atoms with van der Waals surface area (Å²) in [6.45, 7) is 7.75. The zero-order valence-corrected chi connectivity index (χ0v) is 9.03. The third-order valence-electron chi connectivity index (χ3n) is 1.28. The first-order valence-corrected chi connectivity index (χ1v) is 4.37. The average Bonchev–Trinajstić information content (AvgIpc) is 1.63. The van der Waals surface area contributed by atoms with Crippen LogP contribution in [0, 0.1) is 5.41 Å². The lowest BCUT2D eigenvalue weighted by Gasteiger charge is -2.16. The Labute approximate surface area is 61.3 Å². The highest BCUT2D eigenvalue weighted by atomic mass is 28.2. The molecule has 0 amide bonds. The lowest BCUT2D eigenvalue weighted by atomic mass is 9.91. The Bertz CT molecular complexity index is 65.8. The molecule has 9 heavy (non-hydrogen) atoms. The van der Waals surface area contributed by atoms with E-state index in [1.54, 1.807) is 0 Å². The highest BCUT2D eigenvalue weighted by Crippen LogP contribution is 2.19. The van der Waals surface area contributed by atoms with E-state index in [4.69, 9.17) is 4.43 Å². The van der Waals surface area contributed by atoms with E-state index in [2.05, 4.69) is 20.8 Å². The predicted molar refractivity (Wildman–Crippen MR) is 44.6 cm³/mol. The Kier molecular flexibility index (Phi) is 4.15. The van der Waals surface area contributed by atoms with Crippen LogP contribution in [0.4, 0.5) is 0 Å². The molecule has 2 heteroatoms. The minimum atomic E-state index is 0.486. The lowest BCUT2D eigenvalue weighted by Crippen LogP contribution is -2.06. The first-order valence-electron chi connectivity index (χ1n) is 3.55. The Hall–Kier alpha value is 0.177. The predicted octanol–water partition coefficient (Wildman–Crippen LogP) is 1.11. The van der Waals surface area contributed by atoms with Crippen molar-refractivity contribution in [2.45, 2.75) is 33.6 Å². The minimum Gasteiger partial charge on any atom is -0.428 e. The molecule has 1 nitrogen and oxygen atoms in total. The monoisotopic (exact) mass is 146 g/mol. The second-order valence-corrected chi connectivity index (χ2v) is 4.23. The molecule has 0 unspecified atom stereocenters. The zero-order chi connectivity index (χ0) is 7.33. The highest BCUT2D eigenvalue weighted by molar-refractivity contribution is 5.97. The molecule has 0 heterocycles. The highest BCUT2D eigenvalue weighted by Gasteiger charge is 2.07. The molecule has 0 fully saturated rings. The van der Waals surface area contributed by atoms with Crippen molar-refractivity contribution in [2.24, 2.45) is 5.41 Å². The summed E-state index contributed by atoms with van der Waals surface area (Å²) in [6.07, 6.45) is 2.49. The molecule has 0 aromatic heterocycles. The van der Waals surface area contributed by atoms with E-state index in [-0.39, 0.29) is 0 Å². The molecule has 0 radical (unpaired) electrons. The molecule has 56 valence electrons. The van der Waals surface area contributed by atoms with Gasteiger partial charge in [-0.25, -0.2) is 0 Å². The summed E-state index contributed by atoms with van der Waals surface area (Å²) >= 11 is 0. The number of hydrogen-bond donors (Lipinski definition) is 0. The van der Waals surface area contributed by atoms with Crippen molar-refractivity contribution in [3.63, 3.8) is 0 Å². The summed E-state index contributed by atoms with van der Waals surface area (Å²) in [5, 5.41) is 0. The van der Waals surface area contributed by atoms with Crippen LogP contribution in [0.15, 0.2) is 0 Å². The van der Waals surface area contributed by atoms with Crippen molar-refractivity contribution in [1.82, 2.24) is 0 Å². The Morgan fingerprint density at radius 2 is 1.89 bits per heavy atom. The van der Waals surface area contributed by atoms with Crippen LogP contribution in [-0.4, -0.2) is 17.1 Å². The van der Waals surface area contributed by atoms with Gasteiger partial charge in [0.2, 0.25) is 0 Å². The second kappa shape index (κ2) is 4.07. The summed E-state index contributed by atoms with van der Waals surface area (Å²) < 4.78 is 5.08. The van der Waals surface area contributed by atoms with E-state index < -0.39 is 0 Å². The molecule has 0 atom stereocenters. The van der Waals surface area contributed by atoms with Gasteiger partial charge in [0.05, 0.1) is 0 Å². The Morgan fingerprint density at radius 3 is 2.22 bits per heavy atom. The minimum absolute atomic E-state index is 0.486. The van der Waals surface area contributed by atoms with Gasteiger partial charge >= 0.3 is 0 Å². The van der Waals surface area contributed by atoms with E-state index in [9.17, 15) is 0 Å². The molecule has 0 saturated heterocycles. The third kappa shape index (κ3) is 8.18. The largest absolute Gasteiger partial charge is 0.428 e.